The third-order valence-electron chi connectivity index (χ3n) is 5.73. The SMILES string of the molecule is CCCC(CCC)N1CCc2cn(-c3ccc(Cl)cc3Cl)c3nc(C)cc1c23. The van der Waals surface area contributed by atoms with Crippen LogP contribution >= 0.6 is 23.2 Å². The highest BCUT2D eigenvalue weighted by Crippen LogP contribution is 2.39. The minimum absolute atomic E-state index is 0.593. The van der Waals surface area contributed by atoms with Gasteiger partial charge in [0.2, 0.25) is 0 Å². The average Bonchev–Trinajstić information content (AvgIpc) is 3.01. The van der Waals surface area contributed by atoms with Crippen molar-refractivity contribution in [3.05, 3.63) is 51.8 Å². The summed E-state index contributed by atoms with van der Waals surface area (Å²) >= 11 is 12.6. The molecular weight excluding hydrogens is 389 g/mol. The largest absolute Gasteiger partial charge is 0.368 e. The molecule has 0 aliphatic carbocycles. The van der Waals surface area contributed by atoms with E-state index in [-0.39, 0.29) is 0 Å². The lowest BCUT2D eigenvalue weighted by Crippen LogP contribution is -2.38. The monoisotopic (exact) mass is 415 g/mol. The van der Waals surface area contributed by atoms with Crippen molar-refractivity contribution in [3.63, 3.8) is 0 Å². The fourth-order valence-corrected chi connectivity index (χ4v) is 5.04. The van der Waals surface area contributed by atoms with E-state index in [1.54, 1.807) is 6.07 Å². The van der Waals surface area contributed by atoms with E-state index in [0.29, 0.717) is 16.1 Å². The van der Waals surface area contributed by atoms with Gasteiger partial charge in [-0.1, -0.05) is 49.9 Å². The van der Waals surface area contributed by atoms with E-state index in [2.05, 4.69) is 42.5 Å². The second-order valence-electron chi connectivity index (χ2n) is 7.78. The molecule has 28 heavy (non-hydrogen) atoms. The van der Waals surface area contributed by atoms with Gasteiger partial charge in [-0.15, -0.1) is 0 Å². The molecule has 5 heteroatoms. The zero-order valence-electron chi connectivity index (χ0n) is 16.8. The van der Waals surface area contributed by atoms with Crippen molar-refractivity contribution in [1.82, 2.24) is 9.55 Å². The summed E-state index contributed by atoms with van der Waals surface area (Å²) in [5.41, 5.74) is 5.65. The van der Waals surface area contributed by atoms with E-state index in [0.717, 1.165) is 30.0 Å². The van der Waals surface area contributed by atoms with Crippen LogP contribution in [-0.4, -0.2) is 22.1 Å². The highest BCUT2D eigenvalue weighted by molar-refractivity contribution is 6.35. The van der Waals surface area contributed by atoms with Crippen molar-refractivity contribution in [1.29, 1.82) is 0 Å². The first-order chi connectivity index (χ1) is 13.5. The van der Waals surface area contributed by atoms with E-state index < -0.39 is 0 Å². The molecule has 148 valence electrons. The number of aromatic nitrogens is 2. The maximum absolute atomic E-state index is 6.53. The summed E-state index contributed by atoms with van der Waals surface area (Å²) < 4.78 is 2.14. The lowest BCUT2D eigenvalue weighted by Gasteiger charge is -2.37. The van der Waals surface area contributed by atoms with Crippen LogP contribution in [0.1, 0.15) is 50.8 Å². The van der Waals surface area contributed by atoms with Crippen LogP contribution in [0.25, 0.3) is 16.7 Å². The molecule has 0 spiro atoms. The van der Waals surface area contributed by atoms with Crippen LogP contribution in [0.4, 0.5) is 5.69 Å². The van der Waals surface area contributed by atoms with Crippen molar-refractivity contribution >= 4 is 39.9 Å². The molecule has 4 rings (SSSR count). The normalized spacial score (nSPS) is 13.7. The van der Waals surface area contributed by atoms with Gasteiger partial charge in [0.25, 0.3) is 0 Å². The third kappa shape index (κ3) is 3.40. The van der Waals surface area contributed by atoms with Gasteiger partial charge in [0.1, 0.15) is 5.65 Å². The van der Waals surface area contributed by atoms with Crippen LogP contribution in [0.15, 0.2) is 30.5 Å². The van der Waals surface area contributed by atoms with Crippen LogP contribution < -0.4 is 4.90 Å². The predicted molar refractivity (Wildman–Crippen MR) is 120 cm³/mol. The maximum atomic E-state index is 6.53. The Morgan fingerprint density at radius 1 is 1.07 bits per heavy atom. The second-order valence-corrected chi connectivity index (χ2v) is 8.62. The molecule has 3 heterocycles. The molecule has 1 aliphatic rings. The molecule has 2 aromatic heterocycles. The van der Waals surface area contributed by atoms with Gasteiger partial charge in [-0.25, -0.2) is 4.98 Å². The molecule has 0 amide bonds. The molecule has 1 aliphatic heterocycles. The van der Waals surface area contributed by atoms with Gasteiger partial charge in [-0.05, 0) is 56.0 Å². The molecule has 0 radical (unpaired) electrons. The molecule has 3 aromatic rings. The van der Waals surface area contributed by atoms with Gasteiger partial charge in [0.05, 0.1) is 16.4 Å². The number of hydrogen-bond acceptors (Lipinski definition) is 2. The Morgan fingerprint density at radius 3 is 2.50 bits per heavy atom. The Bertz CT molecular complexity index is 1000. The van der Waals surface area contributed by atoms with Gasteiger partial charge < -0.3 is 4.90 Å². The standard InChI is InChI=1S/C23H27Cl2N3/c1-4-6-18(7-5-2)27-11-10-16-14-28(20-9-8-17(24)13-19(20)25)23-22(16)21(27)12-15(3)26-23/h8-9,12-14,18H,4-7,10-11H2,1-3H3. The van der Waals surface area contributed by atoms with Crippen LogP contribution in [0.3, 0.4) is 0 Å². The molecule has 0 saturated heterocycles. The van der Waals surface area contributed by atoms with E-state index >= 15 is 0 Å². The summed E-state index contributed by atoms with van der Waals surface area (Å²) in [4.78, 5) is 7.54. The lowest BCUT2D eigenvalue weighted by atomic mass is 9.98. The third-order valence-corrected chi connectivity index (χ3v) is 6.26. The number of pyridine rings is 1. The Morgan fingerprint density at radius 2 is 1.82 bits per heavy atom. The van der Waals surface area contributed by atoms with E-state index in [1.165, 1.54) is 42.3 Å². The Balaban J connectivity index is 1.90. The molecule has 0 bridgehead atoms. The number of benzene rings is 1. The fourth-order valence-electron chi connectivity index (χ4n) is 4.54. The molecule has 0 saturated carbocycles. The summed E-state index contributed by atoms with van der Waals surface area (Å²) in [6, 6.07) is 8.51. The van der Waals surface area contributed by atoms with Gasteiger partial charge in [0.15, 0.2) is 0 Å². The Hall–Kier alpha value is -1.71. The summed E-state index contributed by atoms with van der Waals surface area (Å²) in [5.74, 6) is 0. The molecule has 0 atom stereocenters. The van der Waals surface area contributed by atoms with Gasteiger partial charge in [-0.2, -0.15) is 0 Å². The highest BCUT2D eigenvalue weighted by Gasteiger charge is 2.28. The number of anilines is 1. The first-order valence-electron chi connectivity index (χ1n) is 10.3. The summed E-state index contributed by atoms with van der Waals surface area (Å²) in [5, 5.41) is 2.57. The predicted octanol–water partition coefficient (Wildman–Crippen LogP) is 6.97. The van der Waals surface area contributed by atoms with Crippen molar-refractivity contribution in [2.24, 2.45) is 0 Å². The van der Waals surface area contributed by atoms with E-state index in [4.69, 9.17) is 28.2 Å². The van der Waals surface area contributed by atoms with E-state index in [9.17, 15) is 0 Å². The number of rotatable bonds is 6. The minimum Gasteiger partial charge on any atom is -0.368 e. The Kier molecular flexibility index (Phi) is 5.57. The first kappa shape index (κ1) is 19.6. The maximum Gasteiger partial charge on any atom is 0.147 e. The van der Waals surface area contributed by atoms with Crippen LogP contribution in [-0.2, 0) is 6.42 Å². The van der Waals surface area contributed by atoms with Crippen LogP contribution in [0, 0.1) is 6.92 Å². The summed E-state index contributed by atoms with van der Waals surface area (Å²) in [6.45, 7) is 7.71. The zero-order valence-corrected chi connectivity index (χ0v) is 18.3. The first-order valence-corrected chi connectivity index (χ1v) is 11.0. The van der Waals surface area contributed by atoms with Crippen LogP contribution in [0.5, 0.6) is 0 Å². The van der Waals surface area contributed by atoms with Crippen molar-refractivity contribution in [2.75, 3.05) is 11.4 Å². The number of halogens is 2. The van der Waals surface area contributed by atoms with Gasteiger partial charge in [0, 0.05) is 34.9 Å². The van der Waals surface area contributed by atoms with E-state index in [1.807, 2.05) is 12.1 Å². The molecule has 0 unspecified atom stereocenters. The molecule has 1 aromatic carbocycles. The molecule has 0 N–H and O–H groups in total. The van der Waals surface area contributed by atoms with Crippen molar-refractivity contribution in [2.45, 2.75) is 58.9 Å². The smallest absolute Gasteiger partial charge is 0.147 e. The minimum atomic E-state index is 0.593. The number of hydrogen-bond donors (Lipinski definition) is 0. The number of nitrogens with zero attached hydrogens (tertiary/aromatic N) is 3. The Labute approximate surface area is 177 Å². The highest BCUT2D eigenvalue weighted by atomic mass is 35.5. The average molecular weight is 416 g/mol. The summed E-state index contributed by atoms with van der Waals surface area (Å²) in [6.07, 6.45) is 8.13. The molecular formula is C23H27Cl2N3. The van der Waals surface area contributed by atoms with Crippen molar-refractivity contribution in [3.8, 4) is 5.69 Å². The molecule has 3 nitrogen and oxygen atoms in total. The second kappa shape index (κ2) is 7.96. The lowest BCUT2D eigenvalue weighted by molar-refractivity contribution is 0.502. The summed E-state index contributed by atoms with van der Waals surface area (Å²) in [7, 11) is 0. The fraction of sp³-hybridized carbons (Fsp3) is 0.435. The zero-order chi connectivity index (χ0) is 19.8. The van der Waals surface area contributed by atoms with Crippen molar-refractivity contribution < 1.29 is 0 Å². The van der Waals surface area contributed by atoms with Crippen LogP contribution in [0.2, 0.25) is 10.0 Å². The molecule has 0 fully saturated rings. The van der Waals surface area contributed by atoms with Gasteiger partial charge >= 0.3 is 0 Å². The number of aryl methyl sites for hydroxylation is 1. The topological polar surface area (TPSA) is 21.1 Å². The quantitative estimate of drug-likeness (QED) is 0.433. The van der Waals surface area contributed by atoms with Gasteiger partial charge in [-0.3, -0.25) is 4.57 Å².